The molecule has 1 heterocycles. The van der Waals surface area contributed by atoms with E-state index in [9.17, 15) is 10.1 Å². The van der Waals surface area contributed by atoms with Crippen LogP contribution in [-0.2, 0) is 0 Å². The Balaban J connectivity index is 3.03. The highest BCUT2D eigenvalue weighted by atomic mass is 16.6. The zero-order chi connectivity index (χ0) is 13.0. The van der Waals surface area contributed by atoms with Crippen LogP contribution in [-0.4, -0.2) is 23.0 Å². The van der Waals surface area contributed by atoms with Gasteiger partial charge in [0.15, 0.2) is 0 Å². The molecule has 0 bridgehead atoms. The Morgan fingerprint density at radius 1 is 1.59 bits per heavy atom. The van der Waals surface area contributed by atoms with Crippen molar-refractivity contribution in [3.05, 3.63) is 33.6 Å². The maximum Gasteiger partial charge on any atom is 0.287 e. The summed E-state index contributed by atoms with van der Waals surface area (Å²) in [5, 5.41) is 13.9. The monoisotopic (exact) mass is 237 g/mol. The predicted octanol–water partition coefficient (Wildman–Crippen LogP) is 2.40. The van der Waals surface area contributed by atoms with Crippen molar-refractivity contribution in [2.24, 2.45) is 0 Å². The number of likely N-dealkylation sites (N-methyl/N-ethyl adjacent to an activating group) is 1. The first-order chi connectivity index (χ1) is 8.01. The molecule has 0 radical (unpaired) electrons. The van der Waals surface area contributed by atoms with Gasteiger partial charge in [-0.3, -0.25) is 15.1 Å². The highest BCUT2D eigenvalue weighted by Crippen LogP contribution is 2.24. The molecule has 1 rings (SSSR count). The number of nitrogens with one attached hydrogen (secondary N) is 1. The van der Waals surface area contributed by atoms with Crippen molar-refractivity contribution in [3.8, 4) is 0 Å². The van der Waals surface area contributed by atoms with E-state index in [4.69, 9.17) is 0 Å². The number of pyridine rings is 1. The molecule has 0 saturated heterocycles. The third-order valence-corrected chi connectivity index (χ3v) is 3.16. The van der Waals surface area contributed by atoms with Gasteiger partial charge in [-0.2, -0.15) is 0 Å². The van der Waals surface area contributed by atoms with Crippen molar-refractivity contribution in [1.29, 1.82) is 0 Å². The second kappa shape index (κ2) is 5.72. The summed E-state index contributed by atoms with van der Waals surface area (Å²) in [6.07, 6.45) is 2.33. The maximum atomic E-state index is 10.6. The summed E-state index contributed by atoms with van der Waals surface area (Å²) >= 11 is 0. The normalized spacial score (nSPS) is 14.4. The van der Waals surface area contributed by atoms with Crippen LogP contribution in [0.4, 0.5) is 5.69 Å². The van der Waals surface area contributed by atoms with Crippen LogP contribution in [0.5, 0.6) is 0 Å². The molecule has 0 aliphatic heterocycles. The summed E-state index contributed by atoms with van der Waals surface area (Å²) in [5.41, 5.74) is 1.85. The van der Waals surface area contributed by atoms with Gasteiger partial charge in [-0.15, -0.1) is 0 Å². The summed E-state index contributed by atoms with van der Waals surface area (Å²) in [7, 11) is 1.92. The van der Waals surface area contributed by atoms with Gasteiger partial charge in [-0.25, -0.2) is 0 Å². The molecule has 2 unspecified atom stereocenters. The molecule has 5 nitrogen and oxygen atoms in total. The van der Waals surface area contributed by atoms with Gasteiger partial charge in [0.05, 0.1) is 4.92 Å². The lowest BCUT2D eigenvalue weighted by molar-refractivity contribution is -0.385. The summed E-state index contributed by atoms with van der Waals surface area (Å²) in [5.74, 6) is 0.241. The van der Waals surface area contributed by atoms with Gasteiger partial charge in [0.25, 0.3) is 5.69 Å². The highest BCUT2D eigenvalue weighted by Gasteiger charge is 2.20. The summed E-state index contributed by atoms with van der Waals surface area (Å²) in [6.45, 7) is 6.07. The average Bonchev–Trinajstić information content (AvgIpc) is 2.30. The number of nitrogens with zero attached hydrogens (tertiary/aromatic N) is 2. The lowest BCUT2D eigenvalue weighted by atomic mass is 9.93. The molecule has 17 heavy (non-hydrogen) atoms. The van der Waals surface area contributed by atoms with E-state index in [1.54, 1.807) is 6.07 Å². The molecule has 94 valence electrons. The highest BCUT2D eigenvalue weighted by molar-refractivity contribution is 5.35. The van der Waals surface area contributed by atoms with E-state index < -0.39 is 4.92 Å². The molecule has 0 fully saturated rings. The molecule has 0 aromatic carbocycles. The Bertz CT molecular complexity index is 403. The van der Waals surface area contributed by atoms with E-state index in [0.717, 1.165) is 17.7 Å². The van der Waals surface area contributed by atoms with Crippen LogP contribution in [0.25, 0.3) is 0 Å². The van der Waals surface area contributed by atoms with Crippen LogP contribution < -0.4 is 5.32 Å². The zero-order valence-corrected chi connectivity index (χ0v) is 10.7. The van der Waals surface area contributed by atoms with Gasteiger partial charge in [-0.1, -0.05) is 13.8 Å². The van der Waals surface area contributed by atoms with E-state index in [2.05, 4.69) is 24.1 Å². The van der Waals surface area contributed by atoms with Crippen LogP contribution in [0, 0.1) is 17.0 Å². The summed E-state index contributed by atoms with van der Waals surface area (Å²) in [6, 6.07) is 1.92. The Kier molecular flexibility index (Phi) is 4.57. The molecule has 1 N–H and O–H groups in total. The number of nitro groups is 1. The Morgan fingerprint density at radius 2 is 2.24 bits per heavy atom. The second-order valence-electron chi connectivity index (χ2n) is 4.24. The molecule has 1 aromatic rings. The maximum absolute atomic E-state index is 10.6. The van der Waals surface area contributed by atoms with E-state index in [1.165, 1.54) is 6.20 Å². The lowest BCUT2D eigenvalue weighted by Crippen LogP contribution is -2.30. The van der Waals surface area contributed by atoms with Gasteiger partial charge in [0, 0.05) is 23.7 Å². The third-order valence-electron chi connectivity index (χ3n) is 3.16. The Labute approximate surface area is 101 Å². The van der Waals surface area contributed by atoms with Gasteiger partial charge in [0.1, 0.15) is 6.20 Å². The van der Waals surface area contributed by atoms with E-state index in [0.29, 0.717) is 6.04 Å². The Morgan fingerprint density at radius 3 is 2.65 bits per heavy atom. The van der Waals surface area contributed by atoms with Crippen molar-refractivity contribution in [2.45, 2.75) is 39.2 Å². The fraction of sp³-hybridized carbons (Fsp3) is 0.583. The first-order valence-corrected chi connectivity index (χ1v) is 5.79. The third kappa shape index (κ3) is 3.00. The molecule has 5 heteroatoms. The number of aromatic nitrogens is 1. The predicted molar refractivity (Wildman–Crippen MR) is 67.2 cm³/mol. The minimum absolute atomic E-state index is 0.0518. The number of aryl methyl sites for hydroxylation is 1. The van der Waals surface area contributed by atoms with Gasteiger partial charge in [-0.05, 0) is 26.0 Å². The fourth-order valence-electron chi connectivity index (χ4n) is 2.15. The number of hydrogen-bond donors (Lipinski definition) is 1. The largest absolute Gasteiger partial charge is 0.316 e. The SMILES string of the molecule is CCC(NC)C(C)c1ncc([N+](=O)[O-])cc1C. The van der Waals surface area contributed by atoms with Crippen molar-refractivity contribution in [3.63, 3.8) is 0 Å². The van der Waals surface area contributed by atoms with Gasteiger partial charge in [0.2, 0.25) is 0 Å². The molecular weight excluding hydrogens is 218 g/mol. The lowest BCUT2D eigenvalue weighted by Gasteiger charge is -2.22. The van der Waals surface area contributed by atoms with Gasteiger partial charge < -0.3 is 5.32 Å². The number of hydrogen-bond acceptors (Lipinski definition) is 4. The second-order valence-corrected chi connectivity index (χ2v) is 4.24. The topological polar surface area (TPSA) is 68.1 Å². The van der Waals surface area contributed by atoms with E-state index in [1.807, 2.05) is 14.0 Å². The molecular formula is C12H19N3O2. The molecule has 1 aromatic heterocycles. The molecule has 2 atom stereocenters. The van der Waals surface area contributed by atoms with Crippen molar-refractivity contribution in [2.75, 3.05) is 7.05 Å². The molecule has 0 aliphatic rings. The molecule has 0 amide bonds. The van der Waals surface area contributed by atoms with Crippen LogP contribution in [0.15, 0.2) is 12.3 Å². The standard InChI is InChI=1S/C12H19N3O2/c1-5-11(13-4)9(3)12-8(2)6-10(7-14-12)15(16)17/h6-7,9,11,13H,5H2,1-4H3. The van der Waals surface area contributed by atoms with Crippen LogP contribution in [0.2, 0.25) is 0 Å². The first kappa shape index (κ1) is 13.6. The van der Waals surface area contributed by atoms with E-state index in [-0.39, 0.29) is 11.6 Å². The molecule has 0 spiro atoms. The first-order valence-electron chi connectivity index (χ1n) is 5.79. The van der Waals surface area contributed by atoms with E-state index >= 15 is 0 Å². The smallest absolute Gasteiger partial charge is 0.287 e. The van der Waals surface area contributed by atoms with Gasteiger partial charge >= 0.3 is 0 Å². The minimum Gasteiger partial charge on any atom is -0.316 e. The minimum atomic E-state index is -0.413. The fourth-order valence-corrected chi connectivity index (χ4v) is 2.15. The average molecular weight is 237 g/mol. The van der Waals surface area contributed by atoms with Crippen molar-refractivity contribution >= 4 is 5.69 Å². The Hall–Kier alpha value is -1.49. The van der Waals surface area contributed by atoms with Crippen molar-refractivity contribution < 1.29 is 4.92 Å². The summed E-state index contributed by atoms with van der Waals surface area (Å²) in [4.78, 5) is 14.5. The quantitative estimate of drug-likeness (QED) is 0.630. The van der Waals surface area contributed by atoms with Crippen LogP contribution in [0.1, 0.15) is 37.4 Å². The zero-order valence-electron chi connectivity index (χ0n) is 10.7. The summed E-state index contributed by atoms with van der Waals surface area (Å²) < 4.78 is 0. The van der Waals surface area contributed by atoms with Crippen LogP contribution in [0.3, 0.4) is 0 Å². The molecule has 0 aliphatic carbocycles. The molecule has 0 saturated carbocycles. The van der Waals surface area contributed by atoms with Crippen LogP contribution >= 0.6 is 0 Å². The number of rotatable bonds is 5. The van der Waals surface area contributed by atoms with Crippen molar-refractivity contribution in [1.82, 2.24) is 10.3 Å².